The van der Waals surface area contributed by atoms with Gasteiger partial charge in [0.2, 0.25) is 11.8 Å². The topological polar surface area (TPSA) is 75.4 Å². The Morgan fingerprint density at radius 1 is 1.11 bits per heavy atom. The van der Waals surface area contributed by atoms with Gasteiger partial charge in [-0.15, -0.1) is 0 Å². The van der Waals surface area contributed by atoms with E-state index in [-0.39, 0.29) is 24.2 Å². The van der Waals surface area contributed by atoms with Crippen molar-refractivity contribution in [3.63, 3.8) is 0 Å². The van der Waals surface area contributed by atoms with Gasteiger partial charge in [0, 0.05) is 25.2 Å². The summed E-state index contributed by atoms with van der Waals surface area (Å²) in [5.41, 5.74) is 11.5. The van der Waals surface area contributed by atoms with Crippen LogP contribution in [0.5, 0.6) is 0 Å². The molecule has 1 aliphatic carbocycles. The van der Waals surface area contributed by atoms with Crippen molar-refractivity contribution in [2.45, 2.75) is 25.7 Å². The molecule has 0 aromatic heterocycles. The van der Waals surface area contributed by atoms with E-state index in [0.29, 0.717) is 19.6 Å². The van der Waals surface area contributed by atoms with Crippen molar-refractivity contribution in [3.8, 4) is 11.1 Å². The molecule has 0 saturated carbocycles. The van der Waals surface area contributed by atoms with Crippen molar-refractivity contribution in [2.75, 3.05) is 24.5 Å². The van der Waals surface area contributed by atoms with E-state index < -0.39 is 0 Å². The number of amides is 2. The highest BCUT2D eigenvalue weighted by Crippen LogP contribution is 2.39. The molecule has 27 heavy (non-hydrogen) atoms. The molecule has 0 spiro atoms. The van der Waals surface area contributed by atoms with E-state index in [1.807, 2.05) is 6.07 Å². The van der Waals surface area contributed by atoms with Gasteiger partial charge in [-0.2, -0.15) is 0 Å². The van der Waals surface area contributed by atoms with Gasteiger partial charge in [0.1, 0.15) is 0 Å². The molecule has 0 radical (unpaired) electrons. The fourth-order valence-electron chi connectivity index (χ4n) is 4.06. The highest BCUT2D eigenvalue weighted by Gasteiger charge is 2.35. The Morgan fingerprint density at radius 3 is 2.78 bits per heavy atom. The lowest BCUT2D eigenvalue weighted by molar-refractivity contribution is -0.126. The average Bonchev–Trinajstić information content (AvgIpc) is 3.25. The molecule has 2 aromatic rings. The Morgan fingerprint density at radius 2 is 1.93 bits per heavy atom. The third-order valence-electron chi connectivity index (χ3n) is 5.51. The summed E-state index contributed by atoms with van der Waals surface area (Å²) < 4.78 is 0. The third kappa shape index (κ3) is 3.47. The lowest BCUT2D eigenvalue weighted by atomic mass is 10.1. The number of nitrogens with zero attached hydrogens (tertiary/aromatic N) is 1. The van der Waals surface area contributed by atoms with Crippen molar-refractivity contribution in [3.05, 3.63) is 53.6 Å². The van der Waals surface area contributed by atoms with Crippen molar-refractivity contribution in [1.29, 1.82) is 0 Å². The summed E-state index contributed by atoms with van der Waals surface area (Å²) in [5.74, 6) is -0.287. The smallest absolute Gasteiger partial charge is 0.227 e. The van der Waals surface area contributed by atoms with Crippen LogP contribution in [0.15, 0.2) is 42.5 Å². The van der Waals surface area contributed by atoms with Gasteiger partial charge in [-0.05, 0) is 60.2 Å². The Bertz CT molecular complexity index is 878. The Hall–Kier alpha value is -2.66. The van der Waals surface area contributed by atoms with Crippen LogP contribution in [0.1, 0.15) is 30.4 Å². The van der Waals surface area contributed by atoms with Gasteiger partial charge in [-0.25, -0.2) is 0 Å². The Kier molecular flexibility index (Phi) is 4.94. The molecule has 4 rings (SSSR count). The number of fused-ring (bicyclic) bond motifs is 3. The molecule has 5 heteroatoms. The van der Waals surface area contributed by atoms with Gasteiger partial charge in [-0.3, -0.25) is 9.59 Å². The van der Waals surface area contributed by atoms with E-state index in [2.05, 4.69) is 41.7 Å². The minimum atomic E-state index is -0.277. The SMILES string of the molecule is NCCCCNC(=O)C1CC(=O)N(c2ccc3c(c2)Cc2ccccc2-3)C1. The number of nitrogens with one attached hydrogen (secondary N) is 1. The molecule has 1 heterocycles. The zero-order valence-electron chi connectivity index (χ0n) is 15.4. The standard InChI is InChI=1S/C22H25N3O2/c23-9-3-4-10-24-22(27)17-13-21(26)25(14-17)18-7-8-20-16(12-18)11-15-5-1-2-6-19(15)20/h1-2,5-8,12,17H,3-4,9-11,13-14,23H2,(H,24,27). The second-order valence-corrected chi connectivity index (χ2v) is 7.37. The van der Waals surface area contributed by atoms with Crippen LogP contribution in [-0.2, 0) is 16.0 Å². The van der Waals surface area contributed by atoms with E-state index in [0.717, 1.165) is 24.9 Å². The molecule has 1 atom stereocenters. The number of hydrogen-bond acceptors (Lipinski definition) is 3. The number of nitrogens with two attached hydrogens (primary N) is 1. The zero-order valence-corrected chi connectivity index (χ0v) is 15.4. The predicted octanol–water partition coefficient (Wildman–Crippen LogP) is 2.47. The molecular formula is C22H25N3O2. The van der Waals surface area contributed by atoms with Crippen LogP contribution in [0.3, 0.4) is 0 Å². The zero-order chi connectivity index (χ0) is 18.8. The lowest BCUT2D eigenvalue weighted by Crippen LogP contribution is -2.33. The minimum Gasteiger partial charge on any atom is -0.356 e. The van der Waals surface area contributed by atoms with Gasteiger partial charge in [-0.1, -0.05) is 30.3 Å². The first kappa shape index (κ1) is 17.7. The first-order valence-corrected chi connectivity index (χ1v) is 9.66. The van der Waals surface area contributed by atoms with Crippen LogP contribution in [0.4, 0.5) is 5.69 Å². The molecular weight excluding hydrogens is 338 g/mol. The first-order valence-electron chi connectivity index (χ1n) is 9.66. The van der Waals surface area contributed by atoms with Gasteiger partial charge in [0.05, 0.1) is 5.92 Å². The molecule has 140 valence electrons. The number of anilines is 1. The lowest BCUT2D eigenvalue weighted by Gasteiger charge is -2.18. The Labute approximate surface area is 159 Å². The third-order valence-corrected chi connectivity index (χ3v) is 5.51. The summed E-state index contributed by atoms with van der Waals surface area (Å²) in [6, 6.07) is 14.6. The molecule has 1 fully saturated rings. The molecule has 1 aliphatic heterocycles. The number of hydrogen-bond donors (Lipinski definition) is 2. The summed E-state index contributed by atoms with van der Waals surface area (Å²) in [6.45, 7) is 1.71. The van der Waals surface area contributed by atoms with E-state index in [4.69, 9.17) is 5.73 Å². The number of rotatable bonds is 6. The van der Waals surface area contributed by atoms with Crippen molar-refractivity contribution < 1.29 is 9.59 Å². The van der Waals surface area contributed by atoms with Gasteiger partial charge in [0.25, 0.3) is 0 Å². The predicted molar refractivity (Wildman–Crippen MR) is 106 cm³/mol. The second-order valence-electron chi connectivity index (χ2n) is 7.37. The summed E-state index contributed by atoms with van der Waals surface area (Å²) in [4.78, 5) is 26.6. The number of carbonyl (C=O) groups is 2. The molecule has 1 unspecified atom stereocenters. The molecule has 2 amide bonds. The number of benzene rings is 2. The second kappa shape index (κ2) is 7.53. The van der Waals surface area contributed by atoms with Crippen LogP contribution >= 0.6 is 0 Å². The van der Waals surface area contributed by atoms with Crippen LogP contribution in [0.2, 0.25) is 0 Å². The van der Waals surface area contributed by atoms with E-state index in [1.165, 1.54) is 22.3 Å². The van der Waals surface area contributed by atoms with E-state index >= 15 is 0 Å². The van der Waals surface area contributed by atoms with Gasteiger partial charge < -0.3 is 16.0 Å². The molecule has 2 aromatic carbocycles. The van der Waals surface area contributed by atoms with Crippen LogP contribution < -0.4 is 16.0 Å². The first-order chi connectivity index (χ1) is 13.2. The molecule has 3 N–H and O–H groups in total. The van der Waals surface area contributed by atoms with Crippen LogP contribution in [-0.4, -0.2) is 31.4 Å². The molecule has 1 saturated heterocycles. The molecule has 5 nitrogen and oxygen atoms in total. The molecule has 2 aliphatic rings. The van der Waals surface area contributed by atoms with Crippen LogP contribution in [0, 0.1) is 5.92 Å². The van der Waals surface area contributed by atoms with Crippen LogP contribution in [0.25, 0.3) is 11.1 Å². The fraction of sp³-hybridized carbons (Fsp3) is 0.364. The maximum absolute atomic E-state index is 12.5. The van der Waals surface area contributed by atoms with Gasteiger partial charge >= 0.3 is 0 Å². The minimum absolute atomic E-state index is 0.0209. The molecule has 0 bridgehead atoms. The average molecular weight is 363 g/mol. The summed E-state index contributed by atoms with van der Waals surface area (Å²) in [6.07, 6.45) is 2.94. The largest absolute Gasteiger partial charge is 0.356 e. The van der Waals surface area contributed by atoms with E-state index in [9.17, 15) is 9.59 Å². The fourth-order valence-corrected chi connectivity index (χ4v) is 4.06. The van der Waals surface area contributed by atoms with Crippen molar-refractivity contribution in [1.82, 2.24) is 5.32 Å². The van der Waals surface area contributed by atoms with Crippen molar-refractivity contribution in [2.24, 2.45) is 11.7 Å². The number of carbonyl (C=O) groups excluding carboxylic acids is 2. The quantitative estimate of drug-likeness (QED) is 0.661. The summed E-state index contributed by atoms with van der Waals surface area (Å²) in [5, 5.41) is 2.93. The normalized spacial score (nSPS) is 17.7. The van der Waals surface area contributed by atoms with Gasteiger partial charge in [0.15, 0.2) is 0 Å². The van der Waals surface area contributed by atoms with E-state index in [1.54, 1.807) is 4.90 Å². The maximum Gasteiger partial charge on any atom is 0.227 e. The number of unbranched alkanes of at least 4 members (excludes halogenated alkanes) is 1. The summed E-state index contributed by atoms with van der Waals surface area (Å²) >= 11 is 0. The highest BCUT2D eigenvalue weighted by atomic mass is 16.2. The van der Waals surface area contributed by atoms with Crippen molar-refractivity contribution >= 4 is 17.5 Å². The Balaban J connectivity index is 1.45. The summed E-state index contributed by atoms with van der Waals surface area (Å²) in [7, 11) is 0. The maximum atomic E-state index is 12.5. The monoisotopic (exact) mass is 363 g/mol. The highest BCUT2D eigenvalue weighted by molar-refractivity contribution is 6.00.